The normalized spacial score (nSPS) is 12.5. The van der Waals surface area contributed by atoms with Crippen molar-refractivity contribution in [2.75, 3.05) is 6.54 Å². The van der Waals surface area contributed by atoms with Gasteiger partial charge in [0.15, 0.2) is 0 Å². The second kappa shape index (κ2) is 14.3. The van der Waals surface area contributed by atoms with Crippen molar-refractivity contribution in [2.24, 2.45) is 0 Å². The molecule has 1 amide bonds. The molecule has 0 aliphatic rings. The Morgan fingerprint density at radius 1 is 1.14 bits per heavy atom. The molecule has 0 spiro atoms. The summed E-state index contributed by atoms with van der Waals surface area (Å²) in [5.41, 5.74) is 1.29. The molecule has 0 aliphatic carbocycles. The molecule has 1 rings (SSSR count). The van der Waals surface area contributed by atoms with E-state index in [2.05, 4.69) is 44.2 Å². The van der Waals surface area contributed by atoms with Gasteiger partial charge in [-0.1, -0.05) is 63.8 Å². The van der Waals surface area contributed by atoms with E-state index in [1.54, 1.807) is 6.92 Å². The second-order valence-corrected chi connectivity index (χ2v) is 7.88. The van der Waals surface area contributed by atoms with Crippen molar-refractivity contribution in [1.82, 2.24) is 4.90 Å². The lowest BCUT2D eigenvalue weighted by Crippen LogP contribution is -2.38. The van der Waals surface area contributed by atoms with Crippen LogP contribution < -0.4 is 4.74 Å². The fourth-order valence-corrected chi connectivity index (χ4v) is 3.45. The number of nitrogens with zero attached hydrogens (tertiary/aromatic N) is 1. The van der Waals surface area contributed by atoms with Crippen LogP contribution in [0.3, 0.4) is 0 Å². The molecule has 1 unspecified atom stereocenters. The van der Waals surface area contributed by atoms with E-state index in [0.29, 0.717) is 0 Å². The molecular weight excluding hydrogens is 346 g/mol. The van der Waals surface area contributed by atoms with Crippen LogP contribution in [-0.2, 0) is 11.2 Å². The van der Waals surface area contributed by atoms with E-state index in [9.17, 15) is 4.79 Å². The van der Waals surface area contributed by atoms with Crippen molar-refractivity contribution in [3.05, 3.63) is 42.0 Å². The van der Waals surface area contributed by atoms with Gasteiger partial charge in [-0.05, 0) is 57.2 Å². The molecule has 0 aromatic heterocycles. The van der Waals surface area contributed by atoms with E-state index in [-0.39, 0.29) is 18.1 Å². The molecule has 1 aromatic carbocycles. The molecule has 0 saturated heterocycles. The third-order valence-corrected chi connectivity index (χ3v) is 4.95. The SMILES string of the molecule is CCCCCCCN(C(C)=O)C(/C=C/CCc1cccc(OC(C)C)c1)CC. The van der Waals surface area contributed by atoms with E-state index in [0.717, 1.165) is 38.0 Å². The maximum atomic E-state index is 12.1. The lowest BCUT2D eigenvalue weighted by atomic mass is 10.1. The quantitative estimate of drug-likeness (QED) is 0.267. The highest BCUT2D eigenvalue weighted by molar-refractivity contribution is 5.73. The number of allylic oxidation sites excluding steroid dienone is 1. The molecule has 0 bridgehead atoms. The molecule has 158 valence electrons. The average Bonchev–Trinajstić information content (AvgIpc) is 2.65. The van der Waals surface area contributed by atoms with Crippen molar-refractivity contribution in [1.29, 1.82) is 0 Å². The van der Waals surface area contributed by atoms with Crippen molar-refractivity contribution < 1.29 is 9.53 Å². The number of hydrogen-bond donors (Lipinski definition) is 0. The molecular formula is C25H41NO2. The Hall–Kier alpha value is -1.77. The summed E-state index contributed by atoms with van der Waals surface area (Å²) in [5.74, 6) is 1.12. The molecule has 3 heteroatoms. The van der Waals surface area contributed by atoms with Crippen molar-refractivity contribution in [2.45, 2.75) is 98.1 Å². The van der Waals surface area contributed by atoms with Gasteiger partial charge in [-0.25, -0.2) is 0 Å². The van der Waals surface area contributed by atoms with Crippen molar-refractivity contribution >= 4 is 5.91 Å². The fourth-order valence-electron chi connectivity index (χ4n) is 3.45. The first-order chi connectivity index (χ1) is 13.5. The molecule has 0 saturated carbocycles. The minimum atomic E-state index is 0.186. The predicted molar refractivity (Wildman–Crippen MR) is 120 cm³/mol. The molecule has 1 aromatic rings. The lowest BCUT2D eigenvalue weighted by molar-refractivity contribution is -0.130. The minimum absolute atomic E-state index is 0.186. The van der Waals surface area contributed by atoms with Gasteiger partial charge in [0.2, 0.25) is 5.91 Å². The van der Waals surface area contributed by atoms with Crippen molar-refractivity contribution in [3.63, 3.8) is 0 Å². The summed E-state index contributed by atoms with van der Waals surface area (Å²) < 4.78 is 5.77. The van der Waals surface area contributed by atoms with Crippen LogP contribution in [0.2, 0.25) is 0 Å². The van der Waals surface area contributed by atoms with Gasteiger partial charge in [0.25, 0.3) is 0 Å². The molecule has 28 heavy (non-hydrogen) atoms. The van der Waals surface area contributed by atoms with Gasteiger partial charge in [0.05, 0.1) is 6.10 Å². The fraction of sp³-hybridized carbons (Fsp3) is 0.640. The van der Waals surface area contributed by atoms with E-state index in [4.69, 9.17) is 4.74 Å². The predicted octanol–water partition coefficient (Wildman–Crippen LogP) is 6.56. The van der Waals surface area contributed by atoms with Crippen LogP contribution in [0.1, 0.15) is 85.1 Å². The van der Waals surface area contributed by atoms with Crippen LogP contribution in [-0.4, -0.2) is 29.5 Å². The second-order valence-electron chi connectivity index (χ2n) is 7.88. The Labute approximate surface area is 173 Å². The average molecular weight is 388 g/mol. The minimum Gasteiger partial charge on any atom is -0.491 e. The van der Waals surface area contributed by atoms with Crippen LogP contribution >= 0.6 is 0 Å². The highest BCUT2D eigenvalue weighted by Gasteiger charge is 2.16. The van der Waals surface area contributed by atoms with Gasteiger partial charge in [0.1, 0.15) is 5.75 Å². The first-order valence-electron chi connectivity index (χ1n) is 11.2. The summed E-state index contributed by atoms with van der Waals surface area (Å²) in [4.78, 5) is 14.2. The Bertz CT molecular complexity index is 580. The number of rotatable bonds is 14. The maximum Gasteiger partial charge on any atom is 0.219 e. The Morgan fingerprint density at radius 2 is 1.89 bits per heavy atom. The molecule has 0 fully saturated rings. The third-order valence-electron chi connectivity index (χ3n) is 4.95. The Balaban J connectivity index is 2.52. The van der Waals surface area contributed by atoms with Crippen LogP contribution in [0.25, 0.3) is 0 Å². The first-order valence-corrected chi connectivity index (χ1v) is 11.2. The third kappa shape index (κ3) is 9.96. The number of carbonyl (C=O) groups is 1. The van der Waals surface area contributed by atoms with E-state index in [1.807, 2.05) is 24.8 Å². The molecule has 0 N–H and O–H groups in total. The number of benzene rings is 1. The van der Waals surface area contributed by atoms with E-state index in [1.165, 1.54) is 31.2 Å². The maximum absolute atomic E-state index is 12.1. The summed E-state index contributed by atoms with van der Waals surface area (Å²) in [6.45, 7) is 11.1. The summed E-state index contributed by atoms with van der Waals surface area (Å²) in [5, 5.41) is 0. The summed E-state index contributed by atoms with van der Waals surface area (Å²) in [6, 6.07) is 8.55. The highest BCUT2D eigenvalue weighted by Crippen LogP contribution is 2.17. The van der Waals surface area contributed by atoms with Gasteiger partial charge in [0, 0.05) is 19.5 Å². The Morgan fingerprint density at radius 3 is 2.54 bits per heavy atom. The van der Waals surface area contributed by atoms with Gasteiger partial charge in [-0.3, -0.25) is 4.79 Å². The summed E-state index contributed by atoms with van der Waals surface area (Å²) >= 11 is 0. The zero-order chi connectivity index (χ0) is 20.8. The molecule has 0 heterocycles. The summed E-state index contributed by atoms with van der Waals surface area (Å²) in [7, 11) is 0. The zero-order valence-corrected chi connectivity index (χ0v) is 18.7. The highest BCUT2D eigenvalue weighted by atomic mass is 16.5. The number of ether oxygens (including phenoxy) is 1. The molecule has 0 radical (unpaired) electrons. The number of unbranched alkanes of at least 4 members (excludes halogenated alkanes) is 4. The molecule has 0 aliphatic heterocycles. The van der Waals surface area contributed by atoms with Gasteiger partial charge < -0.3 is 9.64 Å². The topological polar surface area (TPSA) is 29.5 Å². The smallest absolute Gasteiger partial charge is 0.219 e. The standard InChI is InChI=1S/C25H41NO2/c1-6-8-9-10-13-19-26(22(5)27)24(7-2)17-12-11-15-23-16-14-18-25(20-23)28-21(3)4/h12,14,16-18,20-21,24H,6-11,13,15,19H2,1-5H3/b17-12+. The molecule has 3 nitrogen and oxygen atoms in total. The number of hydrogen-bond acceptors (Lipinski definition) is 2. The number of amides is 1. The van der Waals surface area contributed by atoms with E-state index < -0.39 is 0 Å². The molecule has 1 atom stereocenters. The van der Waals surface area contributed by atoms with Crippen LogP contribution in [0, 0.1) is 0 Å². The van der Waals surface area contributed by atoms with Crippen LogP contribution in [0.15, 0.2) is 36.4 Å². The van der Waals surface area contributed by atoms with Gasteiger partial charge in [-0.15, -0.1) is 0 Å². The van der Waals surface area contributed by atoms with Crippen LogP contribution in [0.4, 0.5) is 0 Å². The number of aryl methyl sites for hydroxylation is 1. The van der Waals surface area contributed by atoms with Crippen molar-refractivity contribution in [3.8, 4) is 5.75 Å². The largest absolute Gasteiger partial charge is 0.491 e. The summed E-state index contributed by atoms with van der Waals surface area (Å²) in [6.07, 6.45) is 13.7. The Kier molecular flexibility index (Phi) is 12.4. The van der Waals surface area contributed by atoms with Crippen LogP contribution in [0.5, 0.6) is 5.75 Å². The number of carbonyl (C=O) groups excluding carboxylic acids is 1. The monoisotopic (exact) mass is 387 g/mol. The first kappa shape index (κ1) is 24.3. The zero-order valence-electron chi connectivity index (χ0n) is 18.7. The van der Waals surface area contributed by atoms with Gasteiger partial charge in [-0.2, -0.15) is 0 Å². The van der Waals surface area contributed by atoms with Gasteiger partial charge >= 0.3 is 0 Å². The lowest BCUT2D eigenvalue weighted by Gasteiger charge is -2.28. The van der Waals surface area contributed by atoms with E-state index >= 15 is 0 Å².